The highest BCUT2D eigenvalue weighted by Crippen LogP contribution is 2.28. The lowest BCUT2D eigenvalue weighted by molar-refractivity contribution is -0.126. The van der Waals surface area contributed by atoms with E-state index in [1.807, 2.05) is 30.3 Å². The van der Waals surface area contributed by atoms with Crippen molar-refractivity contribution in [3.63, 3.8) is 0 Å². The van der Waals surface area contributed by atoms with E-state index in [0.29, 0.717) is 5.92 Å². The van der Waals surface area contributed by atoms with Gasteiger partial charge >= 0.3 is 0 Å². The Balaban J connectivity index is 1.30. The van der Waals surface area contributed by atoms with E-state index >= 15 is 0 Å². The van der Waals surface area contributed by atoms with E-state index in [0.717, 1.165) is 56.8 Å². The molecule has 3 nitrogen and oxygen atoms in total. The smallest absolute Gasteiger partial charge is 0.223 e. The van der Waals surface area contributed by atoms with Crippen LogP contribution in [0.4, 0.5) is 0 Å². The van der Waals surface area contributed by atoms with Gasteiger partial charge in [-0.15, -0.1) is 0 Å². The molecule has 27 heavy (non-hydrogen) atoms. The Morgan fingerprint density at radius 3 is 2.33 bits per heavy atom. The van der Waals surface area contributed by atoms with Crippen molar-refractivity contribution in [2.45, 2.75) is 38.6 Å². The molecular weight excluding hydrogens is 356 g/mol. The topological polar surface area (TPSA) is 41.1 Å². The zero-order valence-corrected chi connectivity index (χ0v) is 16.5. The zero-order valence-electron chi connectivity index (χ0n) is 15.8. The van der Waals surface area contributed by atoms with Crippen LogP contribution in [0, 0.1) is 11.8 Å². The second-order valence-corrected chi connectivity index (χ2v) is 7.94. The van der Waals surface area contributed by atoms with Gasteiger partial charge in [0, 0.05) is 24.0 Å². The van der Waals surface area contributed by atoms with Gasteiger partial charge in [0.1, 0.15) is 0 Å². The van der Waals surface area contributed by atoms with E-state index in [-0.39, 0.29) is 11.8 Å². The molecule has 2 N–H and O–H groups in total. The maximum Gasteiger partial charge on any atom is 0.223 e. The van der Waals surface area contributed by atoms with Crippen LogP contribution >= 0.6 is 11.6 Å². The SMILES string of the molecule is O=C(NCCc1ccccc1)C1CCC(CNCc2ccc(Cl)cc2)CC1. The van der Waals surface area contributed by atoms with Crippen molar-refractivity contribution in [3.8, 4) is 0 Å². The van der Waals surface area contributed by atoms with E-state index in [1.54, 1.807) is 0 Å². The average molecular weight is 385 g/mol. The second kappa shape index (κ2) is 10.5. The molecule has 2 aromatic rings. The fourth-order valence-corrected chi connectivity index (χ4v) is 3.90. The van der Waals surface area contributed by atoms with Crippen LogP contribution in [0.5, 0.6) is 0 Å². The van der Waals surface area contributed by atoms with Crippen LogP contribution in [0.25, 0.3) is 0 Å². The summed E-state index contributed by atoms with van der Waals surface area (Å²) in [4.78, 5) is 12.4. The molecule has 0 aromatic heterocycles. The third kappa shape index (κ3) is 6.67. The number of carbonyl (C=O) groups is 1. The number of carbonyl (C=O) groups excluding carboxylic acids is 1. The summed E-state index contributed by atoms with van der Waals surface area (Å²) in [5.41, 5.74) is 2.53. The maximum absolute atomic E-state index is 12.4. The molecule has 2 aromatic carbocycles. The van der Waals surface area contributed by atoms with Crippen LogP contribution < -0.4 is 10.6 Å². The molecule has 1 fully saturated rings. The minimum atomic E-state index is 0.188. The number of nitrogens with one attached hydrogen (secondary N) is 2. The first-order valence-corrected chi connectivity index (χ1v) is 10.4. The summed E-state index contributed by atoms with van der Waals surface area (Å²) in [6.07, 6.45) is 5.17. The van der Waals surface area contributed by atoms with Gasteiger partial charge in [0.05, 0.1) is 0 Å². The van der Waals surface area contributed by atoms with Crippen molar-refractivity contribution in [2.75, 3.05) is 13.1 Å². The van der Waals surface area contributed by atoms with Crippen molar-refractivity contribution in [3.05, 3.63) is 70.7 Å². The van der Waals surface area contributed by atoms with E-state index in [4.69, 9.17) is 11.6 Å². The summed E-state index contributed by atoms with van der Waals surface area (Å²) < 4.78 is 0. The zero-order chi connectivity index (χ0) is 18.9. The van der Waals surface area contributed by atoms with Gasteiger partial charge < -0.3 is 10.6 Å². The quantitative estimate of drug-likeness (QED) is 0.698. The molecule has 0 unspecified atom stereocenters. The summed E-state index contributed by atoms with van der Waals surface area (Å²) in [5.74, 6) is 1.09. The molecule has 0 aliphatic heterocycles. The minimum absolute atomic E-state index is 0.188. The largest absolute Gasteiger partial charge is 0.356 e. The van der Waals surface area contributed by atoms with Crippen molar-refractivity contribution < 1.29 is 4.79 Å². The van der Waals surface area contributed by atoms with Gasteiger partial charge in [-0.25, -0.2) is 0 Å². The summed E-state index contributed by atoms with van der Waals surface area (Å²) in [6.45, 7) is 2.62. The first-order chi connectivity index (χ1) is 13.2. The fraction of sp³-hybridized carbons (Fsp3) is 0.435. The Labute approximate surface area is 167 Å². The molecule has 0 bridgehead atoms. The lowest BCUT2D eigenvalue weighted by Crippen LogP contribution is -2.35. The molecule has 1 aliphatic rings. The number of hydrogen-bond acceptors (Lipinski definition) is 2. The van der Waals surface area contributed by atoms with Gasteiger partial charge in [0.25, 0.3) is 0 Å². The van der Waals surface area contributed by atoms with Crippen LogP contribution in [0.1, 0.15) is 36.8 Å². The van der Waals surface area contributed by atoms with Crippen LogP contribution in [0.2, 0.25) is 5.02 Å². The van der Waals surface area contributed by atoms with E-state index in [9.17, 15) is 4.79 Å². The Morgan fingerprint density at radius 1 is 0.926 bits per heavy atom. The maximum atomic E-state index is 12.4. The van der Waals surface area contributed by atoms with Gasteiger partial charge in [-0.3, -0.25) is 4.79 Å². The first-order valence-electron chi connectivity index (χ1n) is 9.97. The molecule has 0 atom stereocenters. The van der Waals surface area contributed by atoms with Gasteiger partial charge in [0.2, 0.25) is 5.91 Å². The Bertz CT molecular complexity index is 694. The summed E-state index contributed by atoms with van der Waals surface area (Å²) in [7, 11) is 0. The minimum Gasteiger partial charge on any atom is -0.356 e. The standard InChI is InChI=1S/C23H29ClN2O/c24-22-12-8-20(9-13-22)17-25-16-19-6-10-21(11-7-19)23(27)26-15-14-18-4-2-1-3-5-18/h1-5,8-9,12-13,19,21,25H,6-7,10-11,14-17H2,(H,26,27). The van der Waals surface area contributed by atoms with Gasteiger partial charge in [-0.1, -0.05) is 54.1 Å². The average Bonchev–Trinajstić information content (AvgIpc) is 2.71. The highest BCUT2D eigenvalue weighted by Gasteiger charge is 2.25. The Hall–Kier alpha value is -1.84. The molecule has 0 radical (unpaired) electrons. The fourth-order valence-electron chi connectivity index (χ4n) is 3.77. The number of halogens is 1. The lowest BCUT2D eigenvalue weighted by Gasteiger charge is -2.28. The molecule has 0 heterocycles. The van der Waals surface area contributed by atoms with Crippen molar-refractivity contribution in [2.24, 2.45) is 11.8 Å². The summed E-state index contributed by atoms with van der Waals surface area (Å²) in [5, 5.41) is 7.44. The Kier molecular flexibility index (Phi) is 7.73. The van der Waals surface area contributed by atoms with Crippen molar-refractivity contribution in [1.82, 2.24) is 10.6 Å². The number of hydrogen-bond donors (Lipinski definition) is 2. The molecule has 1 aliphatic carbocycles. The predicted molar refractivity (Wildman–Crippen MR) is 112 cm³/mol. The van der Waals surface area contributed by atoms with Crippen molar-refractivity contribution in [1.29, 1.82) is 0 Å². The second-order valence-electron chi connectivity index (χ2n) is 7.50. The first kappa shape index (κ1) is 19.9. The molecule has 4 heteroatoms. The van der Waals surface area contributed by atoms with Crippen molar-refractivity contribution >= 4 is 17.5 Å². The van der Waals surface area contributed by atoms with Crippen LogP contribution in [-0.4, -0.2) is 19.0 Å². The van der Waals surface area contributed by atoms with Crippen LogP contribution in [0.15, 0.2) is 54.6 Å². The normalized spacial score (nSPS) is 19.6. The monoisotopic (exact) mass is 384 g/mol. The van der Waals surface area contributed by atoms with E-state index in [1.165, 1.54) is 11.1 Å². The van der Waals surface area contributed by atoms with E-state index in [2.05, 4.69) is 34.9 Å². The highest BCUT2D eigenvalue weighted by atomic mass is 35.5. The lowest BCUT2D eigenvalue weighted by atomic mass is 9.81. The van der Waals surface area contributed by atoms with Crippen LogP contribution in [-0.2, 0) is 17.8 Å². The van der Waals surface area contributed by atoms with E-state index < -0.39 is 0 Å². The molecule has 1 saturated carbocycles. The third-order valence-corrected chi connectivity index (χ3v) is 5.70. The number of benzene rings is 2. The summed E-state index contributed by atoms with van der Waals surface area (Å²) >= 11 is 5.92. The number of amides is 1. The molecular formula is C23H29ClN2O. The molecule has 3 rings (SSSR count). The van der Waals surface area contributed by atoms with Gasteiger partial charge in [-0.2, -0.15) is 0 Å². The third-order valence-electron chi connectivity index (χ3n) is 5.45. The number of rotatable bonds is 8. The highest BCUT2D eigenvalue weighted by molar-refractivity contribution is 6.30. The van der Waals surface area contributed by atoms with Crippen LogP contribution in [0.3, 0.4) is 0 Å². The molecule has 0 saturated heterocycles. The van der Waals surface area contributed by atoms with Gasteiger partial charge in [-0.05, 0) is 67.8 Å². The summed E-state index contributed by atoms with van der Waals surface area (Å²) in [6, 6.07) is 18.3. The molecule has 144 valence electrons. The molecule has 1 amide bonds. The predicted octanol–water partition coefficient (Wildman–Crippen LogP) is 4.59. The Morgan fingerprint density at radius 2 is 1.63 bits per heavy atom. The molecule has 0 spiro atoms. The van der Waals surface area contributed by atoms with Gasteiger partial charge in [0.15, 0.2) is 0 Å².